The standard InChI is InChI=1S/C16H24F2N2O/c1-3-21-16(9-5-6-11(2)10-16)15(20-19)12-7-4-8-13(17)14(12)18/h4,7-8,11,15,20H,3,5-6,9-10,19H2,1-2H3. The smallest absolute Gasteiger partial charge is 0.163 e. The average Bonchev–Trinajstić information content (AvgIpc) is 2.44. The van der Waals surface area contributed by atoms with Gasteiger partial charge in [0.15, 0.2) is 11.6 Å². The molecule has 0 aromatic heterocycles. The monoisotopic (exact) mass is 298 g/mol. The Kier molecular flexibility index (Phi) is 5.30. The lowest BCUT2D eigenvalue weighted by molar-refractivity contribution is -0.102. The van der Waals surface area contributed by atoms with Gasteiger partial charge in [0.1, 0.15) is 0 Å². The van der Waals surface area contributed by atoms with Crippen LogP contribution >= 0.6 is 0 Å². The fraction of sp³-hybridized carbons (Fsp3) is 0.625. The van der Waals surface area contributed by atoms with Crippen molar-refractivity contribution < 1.29 is 13.5 Å². The van der Waals surface area contributed by atoms with Crippen molar-refractivity contribution in [2.24, 2.45) is 11.8 Å². The van der Waals surface area contributed by atoms with E-state index in [0.717, 1.165) is 31.7 Å². The Labute approximate surface area is 124 Å². The number of hydrogen-bond acceptors (Lipinski definition) is 3. The van der Waals surface area contributed by atoms with Crippen LogP contribution in [0.3, 0.4) is 0 Å². The van der Waals surface area contributed by atoms with Crippen LogP contribution < -0.4 is 11.3 Å². The Bertz CT molecular complexity index is 479. The molecule has 1 fully saturated rings. The van der Waals surface area contributed by atoms with Crippen LogP contribution in [-0.2, 0) is 4.74 Å². The summed E-state index contributed by atoms with van der Waals surface area (Å²) in [6.07, 6.45) is 3.69. The van der Waals surface area contributed by atoms with E-state index in [1.807, 2.05) is 6.92 Å². The van der Waals surface area contributed by atoms with Crippen molar-refractivity contribution in [3.63, 3.8) is 0 Å². The van der Waals surface area contributed by atoms with E-state index in [4.69, 9.17) is 10.6 Å². The van der Waals surface area contributed by atoms with Crippen LogP contribution in [-0.4, -0.2) is 12.2 Å². The Morgan fingerprint density at radius 1 is 1.48 bits per heavy atom. The largest absolute Gasteiger partial charge is 0.373 e. The fourth-order valence-electron chi connectivity index (χ4n) is 3.58. The third-order valence-electron chi connectivity index (χ3n) is 4.41. The van der Waals surface area contributed by atoms with E-state index in [1.54, 1.807) is 6.07 Å². The third-order valence-corrected chi connectivity index (χ3v) is 4.41. The van der Waals surface area contributed by atoms with Crippen LogP contribution in [0.2, 0.25) is 0 Å². The molecule has 2 rings (SSSR count). The maximum Gasteiger partial charge on any atom is 0.163 e. The predicted octanol–water partition coefficient (Wildman–Crippen LogP) is 3.45. The summed E-state index contributed by atoms with van der Waals surface area (Å²) in [4.78, 5) is 0. The highest BCUT2D eigenvalue weighted by molar-refractivity contribution is 5.26. The van der Waals surface area contributed by atoms with Crippen molar-refractivity contribution in [2.45, 2.75) is 51.2 Å². The van der Waals surface area contributed by atoms with Gasteiger partial charge in [0.25, 0.3) is 0 Å². The summed E-state index contributed by atoms with van der Waals surface area (Å²) in [5.41, 5.74) is 2.32. The molecule has 0 radical (unpaired) electrons. The van der Waals surface area contributed by atoms with Crippen LogP contribution in [0.25, 0.3) is 0 Å². The summed E-state index contributed by atoms with van der Waals surface area (Å²) in [6.45, 7) is 4.58. The zero-order chi connectivity index (χ0) is 15.5. The molecular formula is C16H24F2N2O. The van der Waals surface area contributed by atoms with E-state index in [2.05, 4.69) is 12.3 Å². The first-order valence-corrected chi connectivity index (χ1v) is 7.58. The van der Waals surface area contributed by atoms with E-state index in [-0.39, 0.29) is 5.56 Å². The molecule has 0 amide bonds. The van der Waals surface area contributed by atoms with Crippen LogP contribution in [0.5, 0.6) is 0 Å². The molecule has 0 bridgehead atoms. The van der Waals surface area contributed by atoms with Gasteiger partial charge in [0.05, 0.1) is 11.6 Å². The van der Waals surface area contributed by atoms with E-state index in [1.165, 1.54) is 6.07 Å². The molecule has 1 saturated carbocycles. The normalized spacial score (nSPS) is 27.6. The van der Waals surface area contributed by atoms with Crippen molar-refractivity contribution in [3.8, 4) is 0 Å². The van der Waals surface area contributed by atoms with Crippen LogP contribution in [0.15, 0.2) is 18.2 Å². The zero-order valence-electron chi connectivity index (χ0n) is 12.7. The zero-order valence-corrected chi connectivity index (χ0v) is 12.7. The summed E-state index contributed by atoms with van der Waals surface area (Å²) >= 11 is 0. The number of halogens is 2. The summed E-state index contributed by atoms with van der Waals surface area (Å²) in [6, 6.07) is 3.63. The predicted molar refractivity (Wildman–Crippen MR) is 78.4 cm³/mol. The molecule has 0 heterocycles. The summed E-state index contributed by atoms with van der Waals surface area (Å²) in [7, 11) is 0. The SMILES string of the molecule is CCOC1(C(NN)c2cccc(F)c2F)CCCC(C)C1. The highest BCUT2D eigenvalue weighted by Gasteiger charge is 2.44. The molecular weight excluding hydrogens is 274 g/mol. The lowest BCUT2D eigenvalue weighted by atomic mass is 9.72. The molecule has 1 aromatic carbocycles. The van der Waals surface area contributed by atoms with Crippen molar-refractivity contribution in [2.75, 3.05) is 6.61 Å². The molecule has 1 aliphatic rings. The molecule has 21 heavy (non-hydrogen) atoms. The Morgan fingerprint density at radius 2 is 2.24 bits per heavy atom. The molecule has 1 aliphatic carbocycles. The second-order valence-corrected chi connectivity index (χ2v) is 5.94. The average molecular weight is 298 g/mol. The maximum atomic E-state index is 14.2. The first kappa shape index (κ1) is 16.3. The molecule has 3 N–H and O–H groups in total. The molecule has 0 saturated heterocycles. The number of nitrogens with two attached hydrogens (primary N) is 1. The van der Waals surface area contributed by atoms with Crippen LogP contribution in [0, 0.1) is 17.6 Å². The van der Waals surface area contributed by atoms with Crippen LogP contribution in [0.1, 0.15) is 51.1 Å². The van der Waals surface area contributed by atoms with Gasteiger partial charge in [0, 0.05) is 12.2 Å². The molecule has 5 heteroatoms. The quantitative estimate of drug-likeness (QED) is 0.646. The van der Waals surface area contributed by atoms with Gasteiger partial charge < -0.3 is 4.74 Å². The second kappa shape index (κ2) is 6.81. The van der Waals surface area contributed by atoms with Crippen molar-refractivity contribution in [1.82, 2.24) is 5.43 Å². The summed E-state index contributed by atoms with van der Waals surface area (Å²) in [5.74, 6) is 4.46. The summed E-state index contributed by atoms with van der Waals surface area (Å²) < 4.78 is 33.7. The third kappa shape index (κ3) is 3.25. The van der Waals surface area contributed by atoms with Gasteiger partial charge in [-0.3, -0.25) is 5.84 Å². The maximum absolute atomic E-state index is 14.2. The highest BCUT2D eigenvalue weighted by Crippen LogP contribution is 2.44. The molecule has 0 aliphatic heterocycles. The molecule has 3 nitrogen and oxygen atoms in total. The van der Waals surface area contributed by atoms with Gasteiger partial charge in [-0.2, -0.15) is 0 Å². The number of hydrogen-bond donors (Lipinski definition) is 2. The lowest BCUT2D eigenvalue weighted by Gasteiger charge is -2.45. The lowest BCUT2D eigenvalue weighted by Crippen LogP contribution is -2.51. The van der Waals surface area contributed by atoms with E-state index >= 15 is 0 Å². The summed E-state index contributed by atoms with van der Waals surface area (Å²) in [5, 5.41) is 0. The van der Waals surface area contributed by atoms with Gasteiger partial charge in [-0.1, -0.05) is 31.9 Å². The van der Waals surface area contributed by atoms with Gasteiger partial charge in [-0.25, -0.2) is 14.2 Å². The fourth-order valence-corrected chi connectivity index (χ4v) is 3.58. The number of nitrogens with one attached hydrogen (secondary N) is 1. The molecule has 3 atom stereocenters. The van der Waals surface area contributed by atoms with Gasteiger partial charge >= 0.3 is 0 Å². The van der Waals surface area contributed by atoms with E-state index < -0.39 is 23.3 Å². The van der Waals surface area contributed by atoms with Gasteiger partial charge in [-0.05, 0) is 31.7 Å². The number of hydrazine groups is 1. The van der Waals surface area contributed by atoms with Gasteiger partial charge in [0.2, 0.25) is 0 Å². The van der Waals surface area contributed by atoms with Gasteiger partial charge in [-0.15, -0.1) is 0 Å². The second-order valence-electron chi connectivity index (χ2n) is 5.94. The topological polar surface area (TPSA) is 47.3 Å². The molecule has 1 aromatic rings. The first-order chi connectivity index (χ1) is 10.0. The number of benzene rings is 1. The van der Waals surface area contributed by atoms with E-state index in [0.29, 0.717) is 12.5 Å². The van der Waals surface area contributed by atoms with Crippen molar-refractivity contribution in [1.29, 1.82) is 0 Å². The minimum atomic E-state index is -0.858. The highest BCUT2D eigenvalue weighted by atomic mass is 19.2. The van der Waals surface area contributed by atoms with Crippen molar-refractivity contribution >= 4 is 0 Å². The number of rotatable bonds is 5. The Hall–Kier alpha value is -1.04. The minimum absolute atomic E-state index is 0.236. The Morgan fingerprint density at radius 3 is 2.86 bits per heavy atom. The van der Waals surface area contributed by atoms with E-state index in [9.17, 15) is 8.78 Å². The molecule has 118 valence electrons. The Balaban J connectivity index is 2.42. The first-order valence-electron chi connectivity index (χ1n) is 7.58. The van der Waals surface area contributed by atoms with Crippen LogP contribution in [0.4, 0.5) is 8.78 Å². The molecule has 3 unspecified atom stereocenters. The molecule has 0 spiro atoms. The minimum Gasteiger partial charge on any atom is -0.373 e. The van der Waals surface area contributed by atoms with Crippen molar-refractivity contribution in [3.05, 3.63) is 35.4 Å². The number of ether oxygens (including phenoxy) is 1.